The molecule has 0 amide bonds. The molecule has 0 bridgehead atoms. The monoisotopic (exact) mass is 268 g/mol. The first-order valence-corrected chi connectivity index (χ1v) is 6.19. The zero-order valence-electron chi connectivity index (χ0n) is 6.58. The Balaban J connectivity index is 2.22. The third-order valence-corrected chi connectivity index (χ3v) is 3.79. The van der Waals surface area contributed by atoms with Crippen LogP contribution in [0.5, 0.6) is 0 Å². The van der Waals surface area contributed by atoms with Crippen molar-refractivity contribution >= 4 is 38.6 Å². The standard InChI is InChI=1S/C10H5BrS2/c11-8-6-10(13-7-8)4-3-9-2-1-5-12-9/h1-2,5-7H. The van der Waals surface area contributed by atoms with Crippen LogP contribution in [0.1, 0.15) is 9.75 Å². The smallest absolute Gasteiger partial charge is 0.0784 e. The van der Waals surface area contributed by atoms with Crippen LogP contribution >= 0.6 is 38.6 Å². The molecule has 0 nitrogen and oxygen atoms in total. The molecule has 2 aromatic heterocycles. The van der Waals surface area contributed by atoms with Crippen LogP contribution in [0, 0.1) is 11.8 Å². The molecule has 2 aromatic rings. The van der Waals surface area contributed by atoms with Gasteiger partial charge in [-0.1, -0.05) is 6.07 Å². The van der Waals surface area contributed by atoms with Crippen LogP contribution in [-0.4, -0.2) is 0 Å². The molecule has 0 aliphatic heterocycles. The van der Waals surface area contributed by atoms with E-state index in [2.05, 4.69) is 27.8 Å². The number of hydrogen-bond acceptors (Lipinski definition) is 2. The molecule has 0 saturated heterocycles. The highest BCUT2D eigenvalue weighted by atomic mass is 79.9. The molecule has 0 aliphatic rings. The largest absolute Gasteiger partial charge is 0.135 e. The third kappa shape index (κ3) is 2.44. The summed E-state index contributed by atoms with van der Waals surface area (Å²) in [5.41, 5.74) is 0. The van der Waals surface area contributed by atoms with Crippen LogP contribution in [0.4, 0.5) is 0 Å². The molecule has 0 N–H and O–H groups in total. The Morgan fingerprint density at radius 3 is 2.62 bits per heavy atom. The van der Waals surface area contributed by atoms with Gasteiger partial charge in [-0.3, -0.25) is 0 Å². The minimum atomic E-state index is 1.10. The van der Waals surface area contributed by atoms with Crippen molar-refractivity contribution in [3.05, 3.63) is 43.2 Å². The summed E-state index contributed by atoms with van der Waals surface area (Å²) < 4.78 is 1.10. The van der Waals surface area contributed by atoms with Gasteiger partial charge >= 0.3 is 0 Å². The van der Waals surface area contributed by atoms with Crippen LogP contribution in [0.2, 0.25) is 0 Å². The van der Waals surface area contributed by atoms with Crippen molar-refractivity contribution in [1.82, 2.24) is 0 Å². The highest BCUT2D eigenvalue weighted by molar-refractivity contribution is 9.10. The highest BCUT2D eigenvalue weighted by Crippen LogP contribution is 2.18. The topological polar surface area (TPSA) is 0 Å². The van der Waals surface area contributed by atoms with Crippen molar-refractivity contribution in [2.45, 2.75) is 0 Å². The summed E-state index contributed by atoms with van der Waals surface area (Å²) in [7, 11) is 0. The molecule has 0 aliphatic carbocycles. The Morgan fingerprint density at radius 1 is 1.15 bits per heavy atom. The summed E-state index contributed by atoms with van der Waals surface area (Å²) in [5, 5.41) is 4.08. The van der Waals surface area contributed by atoms with E-state index in [-0.39, 0.29) is 0 Å². The lowest BCUT2D eigenvalue weighted by molar-refractivity contribution is 1.84. The maximum Gasteiger partial charge on any atom is 0.0784 e. The lowest BCUT2D eigenvalue weighted by atomic mass is 10.4. The minimum absolute atomic E-state index is 1.10. The van der Waals surface area contributed by atoms with Crippen molar-refractivity contribution in [1.29, 1.82) is 0 Å². The molecule has 3 heteroatoms. The molecule has 0 radical (unpaired) electrons. The minimum Gasteiger partial charge on any atom is -0.135 e. The van der Waals surface area contributed by atoms with E-state index in [4.69, 9.17) is 0 Å². The van der Waals surface area contributed by atoms with E-state index in [9.17, 15) is 0 Å². The van der Waals surface area contributed by atoms with Crippen LogP contribution in [0.25, 0.3) is 0 Å². The Labute approximate surface area is 93.4 Å². The second-order valence-electron chi connectivity index (χ2n) is 2.36. The van der Waals surface area contributed by atoms with Gasteiger partial charge in [0.1, 0.15) is 0 Å². The Morgan fingerprint density at radius 2 is 2.00 bits per heavy atom. The fourth-order valence-corrected chi connectivity index (χ4v) is 2.70. The van der Waals surface area contributed by atoms with E-state index >= 15 is 0 Å². The molecule has 0 saturated carbocycles. The maximum absolute atomic E-state index is 3.40. The highest BCUT2D eigenvalue weighted by Gasteiger charge is 1.92. The van der Waals surface area contributed by atoms with Gasteiger partial charge in [0, 0.05) is 9.85 Å². The van der Waals surface area contributed by atoms with Crippen LogP contribution in [-0.2, 0) is 0 Å². The molecule has 2 heterocycles. The molecule has 0 fully saturated rings. The SMILES string of the molecule is Brc1csc(C#Cc2cccs2)c1. The van der Waals surface area contributed by atoms with Crippen LogP contribution in [0.15, 0.2) is 33.4 Å². The lowest BCUT2D eigenvalue weighted by Gasteiger charge is -1.76. The molecular formula is C10H5BrS2. The maximum atomic E-state index is 3.40. The average molecular weight is 269 g/mol. The quantitative estimate of drug-likeness (QED) is 0.635. The zero-order valence-corrected chi connectivity index (χ0v) is 9.80. The summed E-state index contributed by atoms with van der Waals surface area (Å²) >= 11 is 6.72. The molecule has 0 unspecified atom stereocenters. The summed E-state index contributed by atoms with van der Waals surface area (Å²) in [6, 6.07) is 6.07. The van der Waals surface area contributed by atoms with Crippen molar-refractivity contribution in [3.63, 3.8) is 0 Å². The Kier molecular flexibility index (Phi) is 2.84. The van der Waals surface area contributed by atoms with Gasteiger partial charge in [0.05, 0.1) is 9.75 Å². The first-order chi connectivity index (χ1) is 6.34. The van der Waals surface area contributed by atoms with Gasteiger partial charge in [0.25, 0.3) is 0 Å². The second-order valence-corrected chi connectivity index (χ2v) is 5.13. The normalized spacial score (nSPS) is 9.31. The number of rotatable bonds is 0. The van der Waals surface area contributed by atoms with Gasteiger partial charge in [-0.15, -0.1) is 22.7 Å². The molecule has 2 rings (SSSR count). The molecular weight excluding hydrogens is 264 g/mol. The van der Waals surface area contributed by atoms with Gasteiger partial charge in [0.2, 0.25) is 0 Å². The summed E-state index contributed by atoms with van der Waals surface area (Å²) in [5.74, 6) is 6.23. The van der Waals surface area contributed by atoms with E-state index in [1.165, 1.54) is 0 Å². The summed E-state index contributed by atoms with van der Waals surface area (Å²) in [6.45, 7) is 0. The molecule has 64 valence electrons. The third-order valence-electron chi connectivity index (χ3n) is 1.40. The summed E-state index contributed by atoms with van der Waals surface area (Å²) in [4.78, 5) is 2.21. The van der Waals surface area contributed by atoms with Gasteiger partial charge in [-0.05, 0) is 45.3 Å². The van der Waals surface area contributed by atoms with Crippen molar-refractivity contribution < 1.29 is 0 Å². The predicted octanol–water partition coefficient (Wildman–Crippen LogP) is 3.97. The van der Waals surface area contributed by atoms with E-state index in [0.29, 0.717) is 0 Å². The summed E-state index contributed by atoms with van der Waals surface area (Å²) in [6.07, 6.45) is 0. The van der Waals surface area contributed by atoms with Crippen molar-refractivity contribution in [2.75, 3.05) is 0 Å². The van der Waals surface area contributed by atoms with Crippen molar-refractivity contribution in [3.8, 4) is 11.8 Å². The number of thiophene rings is 2. The molecule has 0 aromatic carbocycles. The van der Waals surface area contributed by atoms with Gasteiger partial charge in [-0.25, -0.2) is 0 Å². The molecule has 0 spiro atoms. The van der Waals surface area contributed by atoms with Crippen LogP contribution < -0.4 is 0 Å². The van der Waals surface area contributed by atoms with E-state index in [1.54, 1.807) is 22.7 Å². The molecule has 13 heavy (non-hydrogen) atoms. The second kappa shape index (κ2) is 4.10. The average Bonchev–Trinajstić information content (AvgIpc) is 2.71. The van der Waals surface area contributed by atoms with Crippen molar-refractivity contribution in [2.24, 2.45) is 0 Å². The van der Waals surface area contributed by atoms with E-state index in [0.717, 1.165) is 14.2 Å². The Hall–Kier alpha value is -0.560. The van der Waals surface area contributed by atoms with Gasteiger partial charge < -0.3 is 0 Å². The van der Waals surface area contributed by atoms with Crippen LogP contribution in [0.3, 0.4) is 0 Å². The van der Waals surface area contributed by atoms with E-state index < -0.39 is 0 Å². The van der Waals surface area contributed by atoms with Gasteiger partial charge in [0.15, 0.2) is 0 Å². The zero-order chi connectivity index (χ0) is 9.10. The number of hydrogen-bond donors (Lipinski definition) is 0. The van der Waals surface area contributed by atoms with Gasteiger partial charge in [-0.2, -0.15) is 0 Å². The van der Waals surface area contributed by atoms with E-state index in [1.807, 2.05) is 29.0 Å². The first kappa shape index (κ1) is 9.01. The predicted molar refractivity (Wildman–Crippen MR) is 62.3 cm³/mol. The fourth-order valence-electron chi connectivity index (χ4n) is 0.851. The first-order valence-electron chi connectivity index (χ1n) is 3.64. The fraction of sp³-hybridized carbons (Fsp3) is 0. The number of halogens is 1. The lowest BCUT2D eigenvalue weighted by Crippen LogP contribution is -1.62. The molecule has 0 atom stereocenters. The Bertz CT molecular complexity index is 443.